The first-order valence-electron chi connectivity index (χ1n) is 9.74. The van der Waals surface area contributed by atoms with Crippen molar-refractivity contribution >= 4 is 27.5 Å². The van der Waals surface area contributed by atoms with Gasteiger partial charge in [0.05, 0.1) is 0 Å². The van der Waals surface area contributed by atoms with Crippen molar-refractivity contribution in [3.05, 3.63) is 29.8 Å². The molecule has 4 atom stereocenters. The van der Waals surface area contributed by atoms with Crippen LogP contribution in [-0.2, 0) is 10.2 Å². The fourth-order valence-corrected chi connectivity index (χ4v) is 7.65. The third kappa shape index (κ3) is 3.54. The zero-order chi connectivity index (χ0) is 17.9. The number of amides is 1. The second-order valence-corrected chi connectivity index (χ2v) is 11.8. The molecule has 4 saturated carbocycles. The van der Waals surface area contributed by atoms with Gasteiger partial charge in [-0.25, -0.2) is 0 Å². The first kappa shape index (κ1) is 17.6. The van der Waals surface area contributed by atoms with Crippen molar-refractivity contribution in [2.45, 2.75) is 75.5 Å². The average molecular weight is 404 g/mol. The van der Waals surface area contributed by atoms with E-state index < -0.39 is 0 Å². The lowest BCUT2D eigenvalue weighted by Gasteiger charge is -2.60. The van der Waals surface area contributed by atoms with Crippen molar-refractivity contribution in [1.82, 2.24) is 0 Å². The van der Waals surface area contributed by atoms with Crippen LogP contribution in [0.1, 0.15) is 71.3 Å². The average Bonchev–Trinajstić information content (AvgIpc) is 2.43. The van der Waals surface area contributed by atoms with E-state index in [1.54, 1.807) is 0 Å². The van der Waals surface area contributed by atoms with E-state index in [0.717, 1.165) is 17.5 Å². The molecule has 4 aliphatic rings. The molecular formula is C22H30BrNO. The summed E-state index contributed by atoms with van der Waals surface area (Å²) in [6, 6.07) is 8.36. The third-order valence-electron chi connectivity index (χ3n) is 6.68. The molecule has 0 saturated heterocycles. The summed E-state index contributed by atoms with van der Waals surface area (Å²) in [5.74, 6) is 1.86. The Kier molecular flexibility index (Phi) is 4.10. The first-order valence-corrected chi connectivity index (χ1v) is 10.5. The van der Waals surface area contributed by atoms with E-state index in [1.165, 1.54) is 44.1 Å². The van der Waals surface area contributed by atoms with E-state index in [4.69, 9.17) is 0 Å². The van der Waals surface area contributed by atoms with Gasteiger partial charge in [-0.1, -0.05) is 48.8 Å². The molecule has 2 unspecified atom stereocenters. The van der Waals surface area contributed by atoms with Crippen LogP contribution in [0.4, 0.5) is 5.69 Å². The maximum absolute atomic E-state index is 12.8. The fourth-order valence-electron chi connectivity index (χ4n) is 6.14. The molecule has 1 aromatic rings. The molecular weight excluding hydrogens is 374 g/mol. The number of hydrogen-bond donors (Lipinski definition) is 1. The minimum absolute atomic E-state index is 0.145. The van der Waals surface area contributed by atoms with Crippen LogP contribution in [0.15, 0.2) is 24.3 Å². The quantitative estimate of drug-likeness (QED) is 0.611. The van der Waals surface area contributed by atoms with E-state index in [-0.39, 0.29) is 16.7 Å². The molecule has 0 spiro atoms. The van der Waals surface area contributed by atoms with Crippen molar-refractivity contribution in [3.63, 3.8) is 0 Å². The van der Waals surface area contributed by atoms with Gasteiger partial charge < -0.3 is 5.32 Å². The van der Waals surface area contributed by atoms with E-state index in [9.17, 15) is 4.79 Å². The normalized spacial score (nSPS) is 36.5. The maximum atomic E-state index is 12.8. The van der Waals surface area contributed by atoms with Gasteiger partial charge in [-0.2, -0.15) is 0 Å². The van der Waals surface area contributed by atoms with Gasteiger partial charge in [0.2, 0.25) is 5.91 Å². The molecule has 1 aromatic carbocycles. The second-order valence-electron chi connectivity index (χ2n) is 10.2. The van der Waals surface area contributed by atoms with Crippen LogP contribution < -0.4 is 5.32 Å². The smallest absolute Gasteiger partial charge is 0.224 e. The molecule has 2 nitrogen and oxygen atoms in total. The molecule has 1 amide bonds. The van der Waals surface area contributed by atoms with Crippen LogP contribution in [0.2, 0.25) is 0 Å². The van der Waals surface area contributed by atoms with Crippen LogP contribution in [0.25, 0.3) is 0 Å². The Morgan fingerprint density at radius 2 is 1.72 bits per heavy atom. The Morgan fingerprint density at radius 3 is 2.24 bits per heavy atom. The van der Waals surface area contributed by atoms with Crippen molar-refractivity contribution in [3.8, 4) is 0 Å². The number of hydrogen-bond acceptors (Lipinski definition) is 1. The van der Waals surface area contributed by atoms with Crippen LogP contribution in [0, 0.1) is 17.3 Å². The maximum Gasteiger partial charge on any atom is 0.224 e. The molecule has 5 rings (SSSR count). The van der Waals surface area contributed by atoms with Crippen LogP contribution in [0.5, 0.6) is 0 Å². The topological polar surface area (TPSA) is 29.1 Å². The summed E-state index contributed by atoms with van der Waals surface area (Å²) in [4.78, 5) is 12.8. The zero-order valence-electron chi connectivity index (χ0n) is 15.7. The van der Waals surface area contributed by atoms with Gasteiger partial charge >= 0.3 is 0 Å². The van der Waals surface area contributed by atoms with E-state index in [1.807, 2.05) is 12.1 Å². The molecule has 25 heavy (non-hydrogen) atoms. The van der Waals surface area contributed by atoms with Crippen molar-refractivity contribution < 1.29 is 4.79 Å². The molecule has 0 aromatic heterocycles. The molecule has 0 heterocycles. The number of carbonyl (C=O) groups is 1. The van der Waals surface area contributed by atoms with Crippen LogP contribution in [-0.4, -0.2) is 10.2 Å². The van der Waals surface area contributed by atoms with Gasteiger partial charge in [-0.15, -0.1) is 0 Å². The molecule has 4 bridgehead atoms. The minimum atomic E-state index is 0.145. The standard InChI is InChI=1S/C22H30BrNO/c1-20(2,3)17-4-6-18(7-5-17)24-19(25)13-21-9-15-8-16(10-21)12-22(23,11-15)14-21/h4-7,15-16H,8-14H2,1-3H3,(H,24,25)/t15-,16+,21?,22?. The Labute approximate surface area is 160 Å². The Hall–Kier alpha value is -0.830. The molecule has 0 radical (unpaired) electrons. The largest absolute Gasteiger partial charge is 0.326 e. The molecule has 1 N–H and O–H groups in total. The van der Waals surface area contributed by atoms with Gasteiger partial charge in [0.25, 0.3) is 0 Å². The van der Waals surface area contributed by atoms with Crippen molar-refractivity contribution in [2.75, 3.05) is 5.32 Å². The summed E-state index contributed by atoms with van der Waals surface area (Å²) in [6.07, 6.45) is 8.42. The molecule has 0 aliphatic heterocycles. The van der Waals surface area contributed by atoms with Crippen LogP contribution >= 0.6 is 15.9 Å². The van der Waals surface area contributed by atoms with Gasteiger partial charge in [0, 0.05) is 16.4 Å². The van der Waals surface area contributed by atoms with Crippen molar-refractivity contribution in [2.24, 2.45) is 17.3 Å². The van der Waals surface area contributed by atoms with Gasteiger partial charge in [-0.3, -0.25) is 4.79 Å². The molecule has 4 aliphatic carbocycles. The fraction of sp³-hybridized carbons (Fsp3) is 0.682. The Balaban J connectivity index is 1.43. The number of halogens is 1. The highest BCUT2D eigenvalue weighted by atomic mass is 79.9. The number of carbonyl (C=O) groups excluding carboxylic acids is 1. The number of benzene rings is 1. The lowest BCUT2D eigenvalue weighted by Crippen LogP contribution is -2.53. The predicted octanol–water partition coefficient (Wildman–Crippen LogP) is 6.05. The highest BCUT2D eigenvalue weighted by Crippen LogP contribution is 2.65. The van der Waals surface area contributed by atoms with E-state index >= 15 is 0 Å². The Morgan fingerprint density at radius 1 is 1.12 bits per heavy atom. The zero-order valence-corrected chi connectivity index (χ0v) is 17.3. The lowest BCUT2D eigenvalue weighted by molar-refractivity contribution is -0.123. The second kappa shape index (κ2) is 5.84. The van der Waals surface area contributed by atoms with Crippen molar-refractivity contribution in [1.29, 1.82) is 0 Å². The van der Waals surface area contributed by atoms with Crippen LogP contribution in [0.3, 0.4) is 0 Å². The molecule has 3 heteroatoms. The number of anilines is 1. The summed E-state index contributed by atoms with van der Waals surface area (Å²) >= 11 is 4.04. The monoisotopic (exact) mass is 403 g/mol. The number of nitrogens with one attached hydrogen (secondary N) is 1. The highest BCUT2D eigenvalue weighted by molar-refractivity contribution is 9.10. The number of alkyl halides is 1. The number of rotatable bonds is 3. The van der Waals surface area contributed by atoms with E-state index in [2.05, 4.69) is 54.2 Å². The summed E-state index contributed by atoms with van der Waals surface area (Å²) in [5, 5.41) is 3.15. The third-order valence-corrected chi connectivity index (χ3v) is 7.61. The SMILES string of the molecule is CC(C)(C)c1ccc(NC(=O)CC23C[C@@H]4C[C@@H](CC(Br)(C4)C2)C3)cc1. The van der Waals surface area contributed by atoms with Gasteiger partial charge in [-0.05, 0) is 78.9 Å². The highest BCUT2D eigenvalue weighted by Gasteiger charge is 2.57. The summed E-state index contributed by atoms with van der Waals surface area (Å²) in [5.41, 5.74) is 2.61. The first-order chi connectivity index (χ1) is 11.6. The van der Waals surface area contributed by atoms with Gasteiger partial charge in [0.1, 0.15) is 0 Å². The summed E-state index contributed by atoms with van der Waals surface area (Å²) in [7, 11) is 0. The summed E-state index contributed by atoms with van der Waals surface area (Å²) < 4.78 is 0.325. The van der Waals surface area contributed by atoms with Gasteiger partial charge in [0.15, 0.2) is 0 Å². The molecule has 136 valence electrons. The minimum Gasteiger partial charge on any atom is -0.326 e. The lowest BCUT2D eigenvalue weighted by atomic mass is 9.48. The molecule has 4 fully saturated rings. The summed E-state index contributed by atoms with van der Waals surface area (Å²) in [6.45, 7) is 6.64. The Bertz CT molecular complexity index is 658. The van der Waals surface area contributed by atoms with E-state index in [0.29, 0.717) is 10.7 Å². The predicted molar refractivity (Wildman–Crippen MR) is 107 cm³/mol.